The third-order valence-electron chi connectivity index (χ3n) is 2.10. The van der Waals surface area contributed by atoms with Crippen LogP contribution in [0.2, 0.25) is 0 Å². The van der Waals surface area contributed by atoms with E-state index in [2.05, 4.69) is 5.32 Å². The first kappa shape index (κ1) is 8.92. The van der Waals surface area contributed by atoms with E-state index in [4.69, 9.17) is 0 Å². The maximum absolute atomic E-state index is 9.31. The zero-order valence-corrected chi connectivity index (χ0v) is 8.34. The molecule has 69 valence electrons. The topological polar surface area (TPSA) is 32.3 Å². The molecule has 0 saturated heterocycles. The van der Waals surface area contributed by atoms with Crippen molar-refractivity contribution in [2.24, 2.45) is 0 Å². The van der Waals surface area contributed by atoms with Crippen LogP contribution < -0.4 is 5.32 Å². The van der Waals surface area contributed by atoms with Gasteiger partial charge in [0.1, 0.15) is 0 Å². The molecule has 1 saturated carbocycles. The maximum Gasteiger partial charge on any atom is 0.0693 e. The summed E-state index contributed by atoms with van der Waals surface area (Å²) in [5.41, 5.74) is 0. The van der Waals surface area contributed by atoms with Crippen molar-refractivity contribution >= 4 is 0 Å². The fourth-order valence-electron chi connectivity index (χ4n) is 1.45. The minimum atomic E-state index is -0.0938. The van der Waals surface area contributed by atoms with Gasteiger partial charge in [0, 0.05) is 6.04 Å². The Hall–Kier alpha value is -1.08. The fourth-order valence-corrected chi connectivity index (χ4v) is 1.45. The van der Waals surface area contributed by atoms with Gasteiger partial charge in [-0.15, -0.1) is 0 Å². The van der Waals surface area contributed by atoms with Crippen LogP contribution in [-0.4, -0.2) is 24.3 Å². The number of hydrogen-bond donors (Lipinski definition) is 2. The second-order valence-corrected chi connectivity index (χ2v) is 2.75. The number of rotatable bonds is 1. The molecule has 0 unspecified atom stereocenters. The second kappa shape index (κ2) is 3.85. The van der Waals surface area contributed by atoms with Crippen LogP contribution in [-0.2, 0) is 0 Å². The van der Waals surface area contributed by atoms with Crippen molar-refractivity contribution < 1.29 is 5.11 Å². The van der Waals surface area contributed by atoms with Gasteiger partial charge in [-0.2, -0.15) is 0 Å². The van der Waals surface area contributed by atoms with Crippen molar-refractivity contribution in [3.63, 3.8) is 0 Å². The first-order chi connectivity index (χ1) is 4.34. The molecule has 0 heterocycles. The molecular formula is C7H15LrNO. The first-order valence-corrected chi connectivity index (χ1v) is 3.70. The van der Waals surface area contributed by atoms with E-state index in [-0.39, 0.29) is 6.10 Å². The molecule has 1 aliphatic carbocycles. The van der Waals surface area contributed by atoms with Gasteiger partial charge in [0.2, 0.25) is 0 Å². The molecule has 2 atom stereocenters. The van der Waals surface area contributed by atoms with E-state index < -0.39 is 0 Å². The molecular weight excluding hydrogens is 376 g/mol. The molecule has 0 aliphatic heterocycles. The zero-order valence-electron chi connectivity index (χ0n) is 6.19. The quantitative estimate of drug-likeness (QED) is 0.683. The third-order valence-corrected chi connectivity index (χ3v) is 2.10. The minimum absolute atomic E-state index is 0. The molecule has 0 amide bonds. The van der Waals surface area contributed by atoms with E-state index in [1.807, 2.05) is 7.05 Å². The maximum atomic E-state index is 9.31. The number of nitrogens with one attached hydrogen (secondary N) is 1. The van der Waals surface area contributed by atoms with Gasteiger partial charge in [0.05, 0.1) is 6.10 Å². The Bertz CT molecular complexity index is 89.7. The largest absolute Gasteiger partial charge is 0.392 e. The van der Waals surface area contributed by atoms with E-state index in [0.717, 1.165) is 12.8 Å². The van der Waals surface area contributed by atoms with Crippen LogP contribution in [0, 0.1) is 0 Å². The standard InChI is InChI=1S/C7H15NO.Lr/c1-8-6-4-2-3-5-7(6)9;/h6-9H,2-5H2,1H3;/t6-,7+;/m0./s1. The molecule has 2 nitrogen and oxygen atoms in total. The summed E-state index contributed by atoms with van der Waals surface area (Å²) in [7, 11) is 1.92. The van der Waals surface area contributed by atoms with Crippen LogP contribution in [0.4, 0.5) is 0 Å². The van der Waals surface area contributed by atoms with Crippen LogP contribution in [0.25, 0.3) is 0 Å². The van der Waals surface area contributed by atoms with E-state index in [9.17, 15) is 5.11 Å². The van der Waals surface area contributed by atoms with Crippen molar-refractivity contribution in [1.82, 2.24) is 5.32 Å². The molecule has 2 N–H and O–H groups in total. The number of aliphatic hydroxyl groups excluding tert-OH is 1. The minimum Gasteiger partial charge on any atom is -0.392 e. The fraction of sp³-hybridized carbons (Fsp3) is 1.00. The molecule has 0 bridgehead atoms. The zero-order chi connectivity index (χ0) is 6.69. The predicted molar refractivity (Wildman–Crippen MR) is 37.3 cm³/mol. The van der Waals surface area contributed by atoms with Crippen LogP contribution in [0.5, 0.6) is 0 Å². The van der Waals surface area contributed by atoms with E-state index in [0.29, 0.717) is 6.04 Å². The Morgan fingerprint density at radius 2 is 1.90 bits per heavy atom. The van der Waals surface area contributed by atoms with Gasteiger partial charge in [0.15, 0.2) is 0 Å². The average molecular weight is 391 g/mol. The molecule has 0 aromatic rings. The summed E-state index contributed by atoms with van der Waals surface area (Å²) in [6.45, 7) is 0. The Morgan fingerprint density at radius 3 is 2.30 bits per heavy atom. The van der Waals surface area contributed by atoms with Gasteiger partial charge in [-0.1, -0.05) is 12.8 Å². The molecule has 0 aromatic carbocycles. The normalized spacial score (nSPS) is 33.0. The Labute approximate surface area is 56.3 Å². The van der Waals surface area contributed by atoms with Crippen molar-refractivity contribution in [2.75, 3.05) is 7.05 Å². The molecule has 1 radical (unpaired) electrons. The SMILES string of the molecule is CN[C@H]1CCCC[C@H]1O.[Lr]. The summed E-state index contributed by atoms with van der Waals surface area (Å²) in [4.78, 5) is 0. The van der Waals surface area contributed by atoms with Crippen molar-refractivity contribution in [2.45, 2.75) is 37.8 Å². The van der Waals surface area contributed by atoms with Crippen LogP contribution >= 0.6 is 0 Å². The summed E-state index contributed by atoms with van der Waals surface area (Å²) in [6.07, 6.45) is 4.48. The van der Waals surface area contributed by atoms with Gasteiger partial charge in [-0.25, -0.2) is 0 Å². The van der Waals surface area contributed by atoms with Crippen molar-refractivity contribution in [3.8, 4) is 0 Å². The van der Waals surface area contributed by atoms with Gasteiger partial charge in [-0.05, 0) is 19.9 Å². The Kier molecular flexibility index (Phi) is 3.44. The Balaban J connectivity index is 0.000000810. The summed E-state index contributed by atoms with van der Waals surface area (Å²) >= 11 is 0. The predicted octanol–water partition coefficient (Wildman–Crippen LogP) is 0.509. The molecule has 0 spiro atoms. The molecule has 1 aliphatic rings. The molecule has 1 rings (SSSR count). The Morgan fingerprint density at radius 1 is 1.30 bits per heavy atom. The van der Waals surface area contributed by atoms with Crippen LogP contribution in [0.15, 0.2) is 0 Å². The summed E-state index contributed by atoms with van der Waals surface area (Å²) < 4.78 is 0. The average Bonchev–Trinajstić information content (AvgIpc) is 1.89. The van der Waals surface area contributed by atoms with E-state index in [1.165, 1.54) is 12.8 Å². The number of hydrogen-bond acceptors (Lipinski definition) is 2. The third kappa shape index (κ3) is 1.71. The van der Waals surface area contributed by atoms with Gasteiger partial charge < -0.3 is 10.4 Å². The molecule has 1 fully saturated rings. The van der Waals surface area contributed by atoms with Crippen molar-refractivity contribution in [1.29, 1.82) is 0 Å². The van der Waals surface area contributed by atoms with E-state index in [1.54, 1.807) is 0 Å². The second-order valence-electron chi connectivity index (χ2n) is 2.75. The molecule has 10 heavy (non-hydrogen) atoms. The van der Waals surface area contributed by atoms with E-state index >= 15 is 0 Å². The first-order valence-electron chi connectivity index (χ1n) is 3.70. The number of aliphatic hydroxyl groups is 1. The number of likely N-dealkylation sites (N-methyl/N-ethyl adjacent to an activating group) is 1. The summed E-state index contributed by atoms with van der Waals surface area (Å²) in [5, 5.41) is 12.4. The summed E-state index contributed by atoms with van der Waals surface area (Å²) in [5.74, 6) is 0. The van der Waals surface area contributed by atoms with Gasteiger partial charge >= 0.3 is 0 Å². The monoisotopic (exact) mass is 391 g/mol. The molecule has 3 heteroatoms. The van der Waals surface area contributed by atoms with Crippen LogP contribution in [0.3, 0.4) is 0 Å². The molecule has 0 aromatic heterocycles. The van der Waals surface area contributed by atoms with Gasteiger partial charge in [-0.3, -0.25) is 0 Å². The smallest absolute Gasteiger partial charge is 0.0693 e. The van der Waals surface area contributed by atoms with Crippen molar-refractivity contribution in [3.05, 3.63) is 0 Å². The van der Waals surface area contributed by atoms with Gasteiger partial charge in [0.25, 0.3) is 0 Å². The van der Waals surface area contributed by atoms with Crippen LogP contribution in [0.1, 0.15) is 25.7 Å². The summed E-state index contributed by atoms with van der Waals surface area (Å²) in [6, 6.07) is 0.360.